The van der Waals surface area contributed by atoms with Crippen molar-refractivity contribution in [2.45, 2.75) is 25.8 Å². The number of thiazole rings is 1. The van der Waals surface area contributed by atoms with Gasteiger partial charge < -0.3 is 5.32 Å². The van der Waals surface area contributed by atoms with Crippen LogP contribution in [-0.4, -0.2) is 16.8 Å². The molecule has 5 heteroatoms. The Bertz CT molecular complexity index is 302. The van der Waals surface area contributed by atoms with E-state index in [9.17, 15) is 4.79 Å². The van der Waals surface area contributed by atoms with Gasteiger partial charge in [0.05, 0.1) is 5.54 Å². The fraction of sp³-hybridized carbons (Fsp3) is 0.556. The van der Waals surface area contributed by atoms with E-state index in [0.29, 0.717) is 0 Å². The third-order valence-corrected chi connectivity index (χ3v) is 3.43. The summed E-state index contributed by atoms with van der Waals surface area (Å²) >= 11 is 6.99. The fourth-order valence-corrected chi connectivity index (χ4v) is 2.02. The first-order chi connectivity index (χ1) is 6.62. The zero-order valence-electron chi connectivity index (χ0n) is 8.21. The van der Waals surface area contributed by atoms with Crippen LogP contribution < -0.4 is 5.32 Å². The Morgan fingerprint density at radius 1 is 1.79 bits per heavy atom. The molecule has 0 fully saturated rings. The number of aromatic nitrogens is 1. The van der Waals surface area contributed by atoms with Gasteiger partial charge >= 0.3 is 0 Å². The molecule has 0 saturated heterocycles. The lowest BCUT2D eigenvalue weighted by atomic mass is 10.00. The summed E-state index contributed by atoms with van der Waals surface area (Å²) in [4.78, 5) is 15.4. The SMILES string of the molecule is CCC(C)(NC(=O)CCl)c1nccs1. The predicted octanol–water partition coefficient (Wildman–Crippen LogP) is 2.12. The monoisotopic (exact) mass is 232 g/mol. The summed E-state index contributed by atoms with van der Waals surface area (Å²) in [5.41, 5.74) is -0.389. The molecule has 1 aromatic heterocycles. The molecular weight excluding hydrogens is 220 g/mol. The van der Waals surface area contributed by atoms with Crippen molar-refractivity contribution < 1.29 is 4.79 Å². The number of carbonyl (C=O) groups is 1. The number of alkyl halides is 1. The first kappa shape index (κ1) is 11.5. The average molecular weight is 233 g/mol. The molecule has 0 aliphatic rings. The highest BCUT2D eigenvalue weighted by Gasteiger charge is 2.28. The molecular formula is C9H13ClN2OS. The molecule has 0 aliphatic carbocycles. The Labute approximate surface area is 92.5 Å². The van der Waals surface area contributed by atoms with E-state index in [1.165, 1.54) is 11.3 Å². The number of nitrogens with one attached hydrogen (secondary N) is 1. The van der Waals surface area contributed by atoms with Crippen LogP contribution in [0.1, 0.15) is 25.3 Å². The molecule has 0 spiro atoms. The maximum atomic E-state index is 11.2. The van der Waals surface area contributed by atoms with Crippen LogP contribution in [-0.2, 0) is 10.3 Å². The smallest absolute Gasteiger partial charge is 0.235 e. The Hall–Kier alpha value is -0.610. The topological polar surface area (TPSA) is 42.0 Å². The second-order valence-electron chi connectivity index (χ2n) is 3.20. The van der Waals surface area contributed by atoms with Gasteiger partial charge in [-0.3, -0.25) is 4.79 Å². The minimum Gasteiger partial charge on any atom is -0.343 e. The number of nitrogens with zero attached hydrogens (tertiary/aromatic N) is 1. The van der Waals surface area contributed by atoms with Gasteiger partial charge in [-0.1, -0.05) is 6.92 Å². The molecule has 1 heterocycles. The van der Waals surface area contributed by atoms with Gasteiger partial charge in [0, 0.05) is 11.6 Å². The predicted molar refractivity (Wildman–Crippen MR) is 58.6 cm³/mol. The second-order valence-corrected chi connectivity index (χ2v) is 4.37. The molecule has 0 bridgehead atoms. The largest absolute Gasteiger partial charge is 0.343 e. The maximum Gasteiger partial charge on any atom is 0.235 e. The summed E-state index contributed by atoms with van der Waals surface area (Å²) in [6.45, 7) is 3.96. The van der Waals surface area contributed by atoms with Crippen molar-refractivity contribution >= 4 is 28.8 Å². The van der Waals surface area contributed by atoms with E-state index < -0.39 is 0 Å². The minimum absolute atomic E-state index is 0.0129. The van der Waals surface area contributed by atoms with Crippen molar-refractivity contribution in [2.24, 2.45) is 0 Å². The van der Waals surface area contributed by atoms with E-state index in [-0.39, 0.29) is 17.3 Å². The van der Waals surface area contributed by atoms with E-state index in [4.69, 9.17) is 11.6 Å². The summed E-state index contributed by atoms with van der Waals surface area (Å²) < 4.78 is 0. The summed E-state index contributed by atoms with van der Waals surface area (Å²) in [6.07, 6.45) is 2.53. The molecule has 0 aromatic carbocycles. The second kappa shape index (κ2) is 4.75. The molecule has 1 amide bonds. The van der Waals surface area contributed by atoms with Crippen molar-refractivity contribution in [1.29, 1.82) is 0 Å². The van der Waals surface area contributed by atoms with Crippen molar-refractivity contribution in [3.05, 3.63) is 16.6 Å². The van der Waals surface area contributed by atoms with Gasteiger partial charge in [0.25, 0.3) is 0 Å². The van der Waals surface area contributed by atoms with Crippen LogP contribution in [0.25, 0.3) is 0 Å². The highest BCUT2D eigenvalue weighted by atomic mass is 35.5. The van der Waals surface area contributed by atoms with Gasteiger partial charge in [-0.05, 0) is 13.3 Å². The Balaban J connectivity index is 2.82. The average Bonchev–Trinajstić information content (AvgIpc) is 2.70. The van der Waals surface area contributed by atoms with E-state index in [1.807, 2.05) is 19.2 Å². The Kier molecular flexibility index (Phi) is 3.89. The summed E-state index contributed by atoms with van der Waals surface area (Å²) in [5, 5.41) is 5.69. The molecule has 1 atom stereocenters. The Morgan fingerprint density at radius 2 is 2.50 bits per heavy atom. The van der Waals surface area contributed by atoms with Gasteiger partial charge in [0.15, 0.2) is 0 Å². The highest BCUT2D eigenvalue weighted by Crippen LogP contribution is 2.25. The molecule has 78 valence electrons. The quantitative estimate of drug-likeness (QED) is 0.809. The first-order valence-electron chi connectivity index (χ1n) is 4.39. The van der Waals surface area contributed by atoms with Gasteiger partial charge in [-0.15, -0.1) is 22.9 Å². The number of hydrogen-bond donors (Lipinski definition) is 1. The molecule has 14 heavy (non-hydrogen) atoms. The van der Waals surface area contributed by atoms with Crippen molar-refractivity contribution in [3.8, 4) is 0 Å². The molecule has 1 N–H and O–H groups in total. The molecule has 1 aromatic rings. The van der Waals surface area contributed by atoms with E-state index in [2.05, 4.69) is 10.3 Å². The fourth-order valence-electron chi connectivity index (χ4n) is 1.13. The molecule has 0 radical (unpaired) electrons. The normalized spacial score (nSPS) is 14.8. The minimum atomic E-state index is -0.389. The lowest BCUT2D eigenvalue weighted by Crippen LogP contribution is -2.43. The van der Waals surface area contributed by atoms with Crippen LogP contribution >= 0.6 is 22.9 Å². The van der Waals surface area contributed by atoms with E-state index in [0.717, 1.165) is 11.4 Å². The number of carbonyl (C=O) groups excluding carboxylic acids is 1. The lowest BCUT2D eigenvalue weighted by Gasteiger charge is -2.26. The van der Waals surface area contributed by atoms with Crippen LogP contribution in [0.4, 0.5) is 0 Å². The lowest BCUT2D eigenvalue weighted by molar-refractivity contribution is -0.120. The zero-order chi connectivity index (χ0) is 10.6. The molecule has 1 rings (SSSR count). The molecule has 1 unspecified atom stereocenters. The third kappa shape index (κ3) is 2.45. The van der Waals surface area contributed by atoms with E-state index >= 15 is 0 Å². The number of rotatable bonds is 4. The summed E-state index contributed by atoms with van der Waals surface area (Å²) in [7, 11) is 0. The van der Waals surface area contributed by atoms with Gasteiger partial charge in [-0.25, -0.2) is 4.98 Å². The van der Waals surface area contributed by atoms with Crippen molar-refractivity contribution in [3.63, 3.8) is 0 Å². The molecule has 0 saturated carbocycles. The standard InChI is InChI=1S/C9H13ClN2OS/c1-3-9(2,12-7(13)6-10)8-11-4-5-14-8/h4-5H,3,6H2,1-2H3,(H,12,13). The van der Waals surface area contributed by atoms with Crippen LogP contribution in [0.15, 0.2) is 11.6 Å². The Morgan fingerprint density at radius 3 is 2.93 bits per heavy atom. The molecule has 3 nitrogen and oxygen atoms in total. The van der Waals surface area contributed by atoms with Crippen molar-refractivity contribution in [2.75, 3.05) is 5.88 Å². The number of hydrogen-bond acceptors (Lipinski definition) is 3. The van der Waals surface area contributed by atoms with E-state index in [1.54, 1.807) is 6.20 Å². The highest BCUT2D eigenvalue weighted by molar-refractivity contribution is 7.09. The van der Waals surface area contributed by atoms with Crippen LogP contribution in [0.3, 0.4) is 0 Å². The molecule has 0 aliphatic heterocycles. The number of halogens is 1. The summed E-state index contributed by atoms with van der Waals surface area (Å²) in [5.74, 6) is -0.174. The van der Waals surface area contributed by atoms with Crippen LogP contribution in [0.5, 0.6) is 0 Å². The number of amides is 1. The summed E-state index contributed by atoms with van der Waals surface area (Å²) in [6, 6.07) is 0. The van der Waals surface area contributed by atoms with Crippen LogP contribution in [0, 0.1) is 0 Å². The van der Waals surface area contributed by atoms with Gasteiger partial charge in [0.2, 0.25) is 5.91 Å². The van der Waals surface area contributed by atoms with Crippen molar-refractivity contribution in [1.82, 2.24) is 10.3 Å². The van der Waals surface area contributed by atoms with Gasteiger partial charge in [-0.2, -0.15) is 0 Å². The van der Waals surface area contributed by atoms with Crippen LogP contribution in [0.2, 0.25) is 0 Å². The zero-order valence-corrected chi connectivity index (χ0v) is 9.78. The maximum absolute atomic E-state index is 11.2. The van der Waals surface area contributed by atoms with Gasteiger partial charge in [0.1, 0.15) is 10.9 Å². The third-order valence-electron chi connectivity index (χ3n) is 2.15. The first-order valence-corrected chi connectivity index (χ1v) is 5.80.